The Morgan fingerprint density at radius 3 is 2.70 bits per heavy atom. The van der Waals surface area contributed by atoms with Crippen LogP contribution in [0.15, 0.2) is 24.3 Å². The number of methoxy groups -OCH3 is 1. The third-order valence-electron chi connectivity index (χ3n) is 4.51. The van der Waals surface area contributed by atoms with Crippen LogP contribution in [0.1, 0.15) is 18.4 Å². The highest BCUT2D eigenvalue weighted by Crippen LogP contribution is 2.34. The van der Waals surface area contributed by atoms with E-state index in [1.54, 1.807) is 0 Å². The van der Waals surface area contributed by atoms with E-state index in [0.29, 0.717) is 18.5 Å². The van der Waals surface area contributed by atoms with Gasteiger partial charge in [0.25, 0.3) is 0 Å². The molecule has 1 aromatic carbocycles. The normalized spacial score (nSPS) is 25.2. The summed E-state index contributed by atoms with van der Waals surface area (Å²) in [5.74, 6) is -0.640. The highest BCUT2D eigenvalue weighted by atomic mass is 32.2. The average Bonchev–Trinajstić information content (AvgIpc) is 3.06. The van der Waals surface area contributed by atoms with E-state index in [4.69, 9.17) is 4.74 Å². The molecule has 1 fully saturated rings. The first-order valence-electron chi connectivity index (χ1n) is 7.59. The Kier molecular flexibility index (Phi) is 4.14. The van der Waals surface area contributed by atoms with Crippen molar-refractivity contribution in [3.63, 3.8) is 0 Å². The first-order chi connectivity index (χ1) is 10.9. The average molecular weight is 337 g/mol. The Bertz CT molecular complexity index is 743. The highest BCUT2D eigenvalue weighted by molar-refractivity contribution is 7.91. The Morgan fingerprint density at radius 2 is 2.04 bits per heavy atom. The zero-order chi connectivity index (χ0) is 16.6. The second kappa shape index (κ2) is 5.96. The molecule has 124 valence electrons. The second-order valence-electron chi connectivity index (χ2n) is 6.11. The van der Waals surface area contributed by atoms with Crippen molar-refractivity contribution >= 4 is 27.4 Å². The van der Waals surface area contributed by atoms with E-state index in [9.17, 15) is 18.0 Å². The smallest absolute Gasteiger partial charge is 0.329 e. The van der Waals surface area contributed by atoms with Gasteiger partial charge in [0.05, 0.1) is 18.6 Å². The number of amides is 1. The van der Waals surface area contributed by atoms with Gasteiger partial charge >= 0.3 is 5.97 Å². The van der Waals surface area contributed by atoms with Crippen molar-refractivity contribution in [3.05, 3.63) is 29.8 Å². The Morgan fingerprint density at radius 1 is 1.30 bits per heavy atom. The predicted octanol–water partition coefficient (Wildman–Crippen LogP) is 0.942. The van der Waals surface area contributed by atoms with Crippen LogP contribution in [0.5, 0.6) is 0 Å². The molecule has 0 aromatic heterocycles. The highest BCUT2D eigenvalue weighted by Gasteiger charge is 2.40. The second-order valence-corrected chi connectivity index (χ2v) is 8.34. The van der Waals surface area contributed by atoms with Crippen LogP contribution in [0.2, 0.25) is 0 Å². The van der Waals surface area contributed by atoms with E-state index in [1.807, 2.05) is 24.3 Å². The number of benzene rings is 1. The lowest BCUT2D eigenvalue weighted by Crippen LogP contribution is -2.44. The van der Waals surface area contributed by atoms with Crippen LogP contribution in [0.25, 0.3) is 0 Å². The molecule has 2 aliphatic heterocycles. The number of esters is 1. The van der Waals surface area contributed by atoms with Crippen molar-refractivity contribution in [2.75, 3.05) is 23.5 Å². The quantitative estimate of drug-likeness (QED) is 0.767. The summed E-state index contributed by atoms with van der Waals surface area (Å²) in [6.45, 7) is 0. The number of hydrogen-bond acceptors (Lipinski definition) is 5. The van der Waals surface area contributed by atoms with Crippen LogP contribution in [-0.2, 0) is 30.6 Å². The summed E-state index contributed by atoms with van der Waals surface area (Å²) in [6, 6.07) is 6.71. The van der Waals surface area contributed by atoms with Crippen molar-refractivity contribution in [1.29, 1.82) is 0 Å². The number of nitrogens with zero attached hydrogens (tertiary/aromatic N) is 1. The zero-order valence-corrected chi connectivity index (χ0v) is 13.7. The van der Waals surface area contributed by atoms with Gasteiger partial charge in [-0.1, -0.05) is 18.2 Å². The number of anilines is 1. The molecular weight excluding hydrogens is 318 g/mol. The number of rotatable bonds is 3. The van der Waals surface area contributed by atoms with Crippen molar-refractivity contribution in [1.82, 2.24) is 0 Å². The van der Waals surface area contributed by atoms with Crippen LogP contribution in [0.4, 0.5) is 5.69 Å². The fourth-order valence-corrected chi connectivity index (χ4v) is 5.26. The first-order valence-corrected chi connectivity index (χ1v) is 9.41. The zero-order valence-electron chi connectivity index (χ0n) is 12.9. The molecule has 1 amide bonds. The monoisotopic (exact) mass is 337 g/mol. The molecule has 2 atom stereocenters. The van der Waals surface area contributed by atoms with E-state index < -0.39 is 21.8 Å². The Labute approximate surface area is 135 Å². The van der Waals surface area contributed by atoms with Gasteiger partial charge in [-0.05, 0) is 24.0 Å². The number of carbonyl (C=O) groups excluding carboxylic acids is 2. The fourth-order valence-electron chi connectivity index (χ4n) is 3.40. The molecule has 1 saturated heterocycles. The summed E-state index contributed by atoms with van der Waals surface area (Å²) in [6.07, 6.45) is 1.07. The molecule has 0 saturated carbocycles. The number of ether oxygens (including phenoxy) is 1. The van der Waals surface area contributed by atoms with Crippen molar-refractivity contribution in [2.45, 2.75) is 25.3 Å². The number of para-hydroxylation sites is 1. The Balaban J connectivity index is 1.82. The topological polar surface area (TPSA) is 80.8 Å². The number of sulfone groups is 1. The molecular formula is C16H19NO5S. The van der Waals surface area contributed by atoms with Gasteiger partial charge in [0, 0.05) is 18.5 Å². The predicted molar refractivity (Wildman–Crippen MR) is 84.8 cm³/mol. The molecule has 0 aliphatic carbocycles. The van der Waals surface area contributed by atoms with Gasteiger partial charge in [-0.3, -0.25) is 9.69 Å². The maximum Gasteiger partial charge on any atom is 0.329 e. The molecule has 2 aliphatic rings. The standard InChI is InChI=1S/C16H19NO5S/c1-22-16(19)14-9-12-4-2-3-5-13(12)17(14)15(18)8-11-6-7-23(20,21)10-11/h2-5,11,14H,6-10H2,1H3/t11-,14-/m0/s1. The molecule has 6 nitrogen and oxygen atoms in total. The van der Waals surface area contributed by atoms with Crippen molar-refractivity contribution in [3.8, 4) is 0 Å². The third-order valence-corrected chi connectivity index (χ3v) is 6.35. The number of hydrogen-bond donors (Lipinski definition) is 0. The summed E-state index contributed by atoms with van der Waals surface area (Å²) in [5.41, 5.74) is 1.64. The summed E-state index contributed by atoms with van der Waals surface area (Å²) in [7, 11) is -1.72. The minimum Gasteiger partial charge on any atom is -0.467 e. The van der Waals surface area contributed by atoms with Gasteiger partial charge in [0.15, 0.2) is 9.84 Å². The van der Waals surface area contributed by atoms with Crippen LogP contribution >= 0.6 is 0 Å². The van der Waals surface area contributed by atoms with E-state index in [1.165, 1.54) is 12.0 Å². The first kappa shape index (κ1) is 16.0. The number of carbonyl (C=O) groups is 2. The maximum atomic E-state index is 12.7. The minimum absolute atomic E-state index is 0.0527. The van der Waals surface area contributed by atoms with Crippen LogP contribution in [0, 0.1) is 5.92 Å². The molecule has 23 heavy (non-hydrogen) atoms. The van der Waals surface area contributed by atoms with Crippen LogP contribution in [-0.4, -0.2) is 45.0 Å². The third kappa shape index (κ3) is 3.10. The lowest BCUT2D eigenvalue weighted by Gasteiger charge is -2.24. The van der Waals surface area contributed by atoms with Gasteiger partial charge in [0.1, 0.15) is 6.04 Å². The molecule has 0 N–H and O–H groups in total. The Hall–Kier alpha value is -1.89. The molecule has 1 aromatic rings. The van der Waals surface area contributed by atoms with Crippen molar-refractivity contribution in [2.24, 2.45) is 5.92 Å². The van der Waals surface area contributed by atoms with Crippen molar-refractivity contribution < 1.29 is 22.7 Å². The van der Waals surface area contributed by atoms with Gasteiger partial charge in [-0.15, -0.1) is 0 Å². The van der Waals surface area contributed by atoms with Gasteiger partial charge in [-0.25, -0.2) is 13.2 Å². The van der Waals surface area contributed by atoms with Crippen LogP contribution in [0.3, 0.4) is 0 Å². The molecule has 7 heteroatoms. The maximum absolute atomic E-state index is 12.7. The molecule has 2 heterocycles. The lowest BCUT2D eigenvalue weighted by molar-refractivity contribution is -0.143. The molecule has 3 rings (SSSR count). The molecule has 0 bridgehead atoms. The minimum atomic E-state index is -3.02. The van der Waals surface area contributed by atoms with E-state index in [-0.39, 0.29) is 29.8 Å². The molecule has 0 radical (unpaired) electrons. The summed E-state index contributed by atoms with van der Waals surface area (Å²) >= 11 is 0. The summed E-state index contributed by atoms with van der Waals surface area (Å²) in [4.78, 5) is 26.2. The lowest BCUT2D eigenvalue weighted by atomic mass is 10.0. The fraction of sp³-hybridized carbons (Fsp3) is 0.500. The largest absolute Gasteiger partial charge is 0.467 e. The number of fused-ring (bicyclic) bond motifs is 1. The van der Waals surface area contributed by atoms with E-state index in [0.717, 1.165) is 5.56 Å². The van der Waals surface area contributed by atoms with Gasteiger partial charge < -0.3 is 4.74 Å². The SMILES string of the molecule is COC(=O)[C@@H]1Cc2ccccc2N1C(=O)C[C@@H]1CCS(=O)(=O)C1. The molecule has 0 unspecified atom stereocenters. The van der Waals surface area contributed by atoms with Crippen LogP contribution < -0.4 is 4.90 Å². The van der Waals surface area contributed by atoms with Gasteiger partial charge in [0.2, 0.25) is 5.91 Å². The van der Waals surface area contributed by atoms with Gasteiger partial charge in [-0.2, -0.15) is 0 Å². The summed E-state index contributed by atoms with van der Waals surface area (Å²) < 4.78 is 27.9. The van der Waals surface area contributed by atoms with E-state index >= 15 is 0 Å². The molecule has 0 spiro atoms. The summed E-state index contributed by atoms with van der Waals surface area (Å²) in [5, 5.41) is 0. The van der Waals surface area contributed by atoms with E-state index in [2.05, 4.69) is 0 Å².